The summed E-state index contributed by atoms with van der Waals surface area (Å²) in [4.78, 5) is 16.4. The van der Waals surface area contributed by atoms with Gasteiger partial charge in [-0.05, 0) is 37.1 Å². The molecule has 0 radical (unpaired) electrons. The van der Waals surface area contributed by atoms with Gasteiger partial charge in [0.05, 0.1) is 6.26 Å². The van der Waals surface area contributed by atoms with Crippen LogP contribution in [-0.2, 0) is 9.53 Å². The van der Waals surface area contributed by atoms with E-state index in [0.717, 1.165) is 37.4 Å². The van der Waals surface area contributed by atoms with Gasteiger partial charge < -0.3 is 19.0 Å². The second-order valence-corrected chi connectivity index (χ2v) is 6.07. The van der Waals surface area contributed by atoms with Crippen LogP contribution in [0.25, 0.3) is 11.5 Å². The Morgan fingerprint density at radius 2 is 2.00 bits per heavy atom. The molecule has 24 heavy (non-hydrogen) atoms. The number of hydrogen-bond acceptors (Lipinski definition) is 6. The third kappa shape index (κ3) is 2.99. The topological polar surface area (TPSA) is 71.7 Å². The van der Waals surface area contributed by atoms with Crippen LogP contribution in [-0.4, -0.2) is 59.9 Å². The molecule has 126 valence electrons. The van der Waals surface area contributed by atoms with Gasteiger partial charge in [0.2, 0.25) is 0 Å². The molecule has 0 bridgehead atoms. The largest absolute Gasteiger partial charge is 0.463 e. The number of anilines is 1. The molecule has 2 saturated heterocycles. The normalized spacial score (nSPS) is 21.2. The summed E-state index contributed by atoms with van der Waals surface area (Å²) < 4.78 is 10.8. The number of amides is 1. The van der Waals surface area contributed by atoms with Gasteiger partial charge in [0.15, 0.2) is 11.6 Å². The van der Waals surface area contributed by atoms with E-state index >= 15 is 0 Å². The number of hydrogen-bond donors (Lipinski definition) is 0. The van der Waals surface area contributed by atoms with Crippen molar-refractivity contribution in [1.29, 1.82) is 0 Å². The summed E-state index contributed by atoms with van der Waals surface area (Å²) in [6.07, 6.45) is 3.21. The van der Waals surface area contributed by atoms with E-state index in [1.165, 1.54) is 0 Å². The zero-order valence-corrected chi connectivity index (χ0v) is 13.4. The van der Waals surface area contributed by atoms with Crippen molar-refractivity contribution in [2.75, 3.05) is 37.7 Å². The summed E-state index contributed by atoms with van der Waals surface area (Å²) in [5, 5.41) is 8.52. The second-order valence-electron chi connectivity index (χ2n) is 6.07. The molecule has 1 atom stereocenters. The maximum absolute atomic E-state index is 12.4. The van der Waals surface area contributed by atoms with Crippen LogP contribution in [0.5, 0.6) is 0 Å². The van der Waals surface area contributed by atoms with Crippen molar-refractivity contribution in [2.45, 2.75) is 18.9 Å². The minimum Gasteiger partial charge on any atom is -0.463 e. The van der Waals surface area contributed by atoms with Gasteiger partial charge in [0.25, 0.3) is 5.91 Å². The highest BCUT2D eigenvalue weighted by Gasteiger charge is 2.30. The molecule has 2 aliphatic heterocycles. The van der Waals surface area contributed by atoms with E-state index in [4.69, 9.17) is 9.15 Å². The smallest absolute Gasteiger partial charge is 0.251 e. The molecular weight excluding hydrogens is 308 g/mol. The third-order valence-electron chi connectivity index (χ3n) is 4.54. The number of carbonyl (C=O) groups is 1. The van der Waals surface area contributed by atoms with Crippen LogP contribution >= 0.6 is 0 Å². The lowest BCUT2D eigenvalue weighted by atomic mass is 10.2. The van der Waals surface area contributed by atoms with Gasteiger partial charge in [-0.2, -0.15) is 0 Å². The summed E-state index contributed by atoms with van der Waals surface area (Å²) in [6.45, 7) is 3.61. The monoisotopic (exact) mass is 328 g/mol. The maximum Gasteiger partial charge on any atom is 0.251 e. The van der Waals surface area contributed by atoms with E-state index in [1.807, 2.05) is 29.2 Å². The first-order valence-corrected chi connectivity index (χ1v) is 8.34. The van der Waals surface area contributed by atoms with Crippen molar-refractivity contribution in [1.82, 2.24) is 15.1 Å². The Morgan fingerprint density at radius 3 is 2.62 bits per heavy atom. The zero-order valence-electron chi connectivity index (χ0n) is 13.4. The molecule has 2 aromatic rings. The second kappa shape index (κ2) is 6.60. The Labute approximate surface area is 140 Å². The van der Waals surface area contributed by atoms with Gasteiger partial charge in [-0.15, -0.1) is 10.2 Å². The number of nitrogens with zero attached hydrogens (tertiary/aromatic N) is 4. The molecule has 4 heterocycles. The summed E-state index contributed by atoms with van der Waals surface area (Å²) in [5.74, 6) is 1.67. The Hall–Kier alpha value is -2.41. The summed E-state index contributed by atoms with van der Waals surface area (Å²) in [7, 11) is 0. The van der Waals surface area contributed by atoms with Gasteiger partial charge in [0, 0.05) is 32.8 Å². The first-order chi connectivity index (χ1) is 11.8. The number of ether oxygens (including phenoxy) is 1. The number of aromatic nitrogens is 2. The number of piperazine rings is 1. The molecule has 7 heteroatoms. The fourth-order valence-corrected chi connectivity index (χ4v) is 3.18. The van der Waals surface area contributed by atoms with Crippen molar-refractivity contribution in [2.24, 2.45) is 0 Å². The van der Waals surface area contributed by atoms with Gasteiger partial charge >= 0.3 is 0 Å². The molecule has 0 aliphatic carbocycles. The molecule has 1 unspecified atom stereocenters. The van der Waals surface area contributed by atoms with Gasteiger partial charge in [-0.1, -0.05) is 0 Å². The average Bonchev–Trinajstić information content (AvgIpc) is 3.35. The first-order valence-electron chi connectivity index (χ1n) is 8.34. The Kier molecular flexibility index (Phi) is 4.17. The Bertz CT molecular complexity index is 672. The van der Waals surface area contributed by atoms with Crippen LogP contribution in [0.4, 0.5) is 5.82 Å². The number of furan rings is 1. The van der Waals surface area contributed by atoms with E-state index in [1.54, 1.807) is 6.26 Å². The Morgan fingerprint density at radius 1 is 1.12 bits per heavy atom. The highest BCUT2D eigenvalue weighted by Crippen LogP contribution is 2.20. The minimum absolute atomic E-state index is 0.131. The summed E-state index contributed by atoms with van der Waals surface area (Å²) in [5.41, 5.74) is 0.718. The molecule has 4 rings (SSSR count). The van der Waals surface area contributed by atoms with Crippen molar-refractivity contribution in [3.63, 3.8) is 0 Å². The van der Waals surface area contributed by atoms with Crippen molar-refractivity contribution >= 4 is 11.7 Å². The molecule has 0 N–H and O–H groups in total. The SMILES string of the molecule is O=C(C1CCCO1)N1CCN(c2ccc(-c3ccco3)nn2)CC1. The fourth-order valence-electron chi connectivity index (χ4n) is 3.18. The van der Waals surface area contributed by atoms with Crippen molar-refractivity contribution in [3.05, 3.63) is 30.5 Å². The lowest BCUT2D eigenvalue weighted by Gasteiger charge is -2.36. The van der Waals surface area contributed by atoms with Gasteiger partial charge in [-0.25, -0.2) is 0 Å². The number of rotatable bonds is 3. The predicted octanol–water partition coefficient (Wildman–Crippen LogP) is 1.56. The lowest BCUT2D eigenvalue weighted by Crippen LogP contribution is -2.51. The van der Waals surface area contributed by atoms with Crippen LogP contribution < -0.4 is 4.90 Å². The summed E-state index contributed by atoms with van der Waals surface area (Å²) in [6, 6.07) is 7.54. The molecule has 1 amide bonds. The fraction of sp³-hybridized carbons (Fsp3) is 0.471. The van der Waals surface area contributed by atoms with Gasteiger partial charge in [-0.3, -0.25) is 4.79 Å². The van der Waals surface area contributed by atoms with E-state index in [9.17, 15) is 4.79 Å². The highest BCUT2D eigenvalue weighted by molar-refractivity contribution is 5.81. The van der Waals surface area contributed by atoms with E-state index in [0.29, 0.717) is 25.5 Å². The average molecular weight is 328 g/mol. The van der Waals surface area contributed by atoms with Crippen LogP contribution in [0.3, 0.4) is 0 Å². The van der Waals surface area contributed by atoms with Crippen molar-refractivity contribution in [3.8, 4) is 11.5 Å². The predicted molar refractivity (Wildman–Crippen MR) is 87.5 cm³/mol. The molecule has 0 aromatic carbocycles. The molecule has 2 aliphatic rings. The molecule has 2 fully saturated rings. The van der Waals surface area contributed by atoms with Crippen molar-refractivity contribution < 1.29 is 13.9 Å². The maximum atomic E-state index is 12.4. The summed E-state index contributed by atoms with van der Waals surface area (Å²) >= 11 is 0. The zero-order chi connectivity index (χ0) is 16.4. The van der Waals surface area contributed by atoms with E-state index < -0.39 is 0 Å². The van der Waals surface area contributed by atoms with Gasteiger partial charge in [0.1, 0.15) is 11.8 Å². The molecule has 0 spiro atoms. The van der Waals surface area contributed by atoms with Crippen LogP contribution in [0.2, 0.25) is 0 Å². The molecular formula is C17H20N4O3. The highest BCUT2D eigenvalue weighted by atomic mass is 16.5. The minimum atomic E-state index is -0.232. The lowest BCUT2D eigenvalue weighted by molar-refractivity contribution is -0.141. The molecule has 7 nitrogen and oxygen atoms in total. The van der Waals surface area contributed by atoms with Crippen LogP contribution in [0.15, 0.2) is 34.9 Å². The molecule has 0 saturated carbocycles. The van der Waals surface area contributed by atoms with Crippen LogP contribution in [0.1, 0.15) is 12.8 Å². The third-order valence-corrected chi connectivity index (χ3v) is 4.54. The Balaban J connectivity index is 1.36. The van der Waals surface area contributed by atoms with E-state index in [2.05, 4.69) is 15.1 Å². The van der Waals surface area contributed by atoms with Crippen LogP contribution in [0, 0.1) is 0 Å². The molecule has 2 aromatic heterocycles. The standard InChI is InChI=1S/C17H20N4O3/c22-17(15-4-2-12-24-15)21-9-7-20(8-10-21)16-6-5-13(18-19-16)14-3-1-11-23-14/h1,3,5-6,11,15H,2,4,7-10,12H2. The quantitative estimate of drug-likeness (QED) is 0.851. The van der Waals surface area contributed by atoms with E-state index in [-0.39, 0.29) is 12.0 Å². The first kappa shape index (κ1) is 15.1. The number of carbonyl (C=O) groups excluding carboxylic acids is 1.